The first kappa shape index (κ1) is 6.86. The Morgan fingerprint density at radius 2 is 2.50 bits per heavy atom. The molecular formula is C7H11N3. The molecule has 0 spiro atoms. The van der Waals surface area contributed by atoms with Gasteiger partial charge in [-0.1, -0.05) is 0 Å². The average Bonchev–Trinajstić information content (AvgIpc) is 2.31. The second-order valence-corrected chi connectivity index (χ2v) is 2.04. The lowest BCUT2D eigenvalue weighted by molar-refractivity contribution is 0.943. The van der Waals surface area contributed by atoms with Crippen molar-refractivity contribution in [2.24, 2.45) is 4.99 Å². The molecule has 10 heavy (non-hydrogen) atoms. The van der Waals surface area contributed by atoms with E-state index in [1.165, 1.54) is 5.69 Å². The summed E-state index contributed by atoms with van der Waals surface area (Å²) in [6.45, 7) is 2.02. The normalized spacial score (nSPS) is 10.6. The van der Waals surface area contributed by atoms with Crippen LogP contribution in [-0.4, -0.2) is 18.1 Å². The summed E-state index contributed by atoms with van der Waals surface area (Å²) < 4.78 is 1.90. The number of nitrogens with one attached hydrogen (secondary N) is 1. The third kappa shape index (κ3) is 1.37. The van der Waals surface area contributed by atoms with E-state index in [9.17, 15) is 0 Å². The fourth-order valence-electron chi connectivity index (χ4n) is 0.731. The Labute approximate surface area is 60.4 Å². The third-order valence-electron chi connectivity index (χ3n) is 1.28. The lowest BCUT2D eigenvalue weighted by Gasteiger charge is -2.02. The second kappa shape index (κ2) is 3.06. The van der Waals surface area contributed by atoms with E-state index in [2.05, 4.69) is 10.4 Å². The van der Waals surface area contributed by atoms with E-state index >= 15 is 0 Å². The van der Waals surface area contributed by atoms with Gasteiger partial charge in [-0.2, -0.15) is 0 Å². The van der Waals surface area contributed by atoms with Crippen molar-refractivity contribution < 1.29 is 0 Å². The zero-order valence-electron chi connectivity index (χ0n) is 6.20. The van der Waals surface area contributed by atoms with Gasteiger partial charge in [-0.05, 0) is 19.1 Å². The van der Waals surface area contributed by atoms with Crippen molar-refractivity contribution in [2.45, 2.75) is 6.92 Å². The molecule has 0 unspecified atom stereocenters. The van der Waals surface area contributed by atoms with Crippen LogP contribution in [0.2, 0.25) is 0 Å². The van der Waals surface area contributed by atoms with Crippen molar-refractivity contribution in [2.75, 3.05) is 12.5 Å². The van der Waals surface area contributed by atoms with Gasteiger partial charge in [0.05, 0.1) is 0 Å². The summed E-state index contributed by atoms with van der Waals surface area (Å²) in [7, 11) is 1.73. The van der Waals surface area contributed by atoms with E-state index in [4.69, 9.17) is 0 Å². The predicted molar refractivity (Wildman–Crippen MR) is 42.9 cm³/mol. The van der Waals surface area contributed by atoms with E-state index in [1.807, 2.05) is 29.9 Å². The standard InChI is InChI=1S/C7H11N3/c1-7-4-3-5-10(7)9-6-8-2/h3-6H,1-2H3,(H,8,9). The summed E-state index contributed by atoms with van der Waals surface area (Å²) in [4.78, 5) is 3.79. The number of nitrogens with zero attached hydrogens (tertiary/aromatic N) is 2. The Morgan fingerprint density at radius 3 is 3.00 bits per heavy atom. The minimum atomic E-state index is 1.17. The summed E-state index contributed by atoms with van der Waals surface area (Å²) in [5.41, 5.74) is 4.13. The van der Waals surface area contributed by atoms with E-state index in [1.54, 1.807) is 13.4 Å². The van der Waals surface area contributed by atoms with Crippen LogP contribution in [0, 0.1) is 6.92 Å². The molecule has 0 saturated heterocycles. The second-order valence-electron chi connectivity index (χ2n) is 2.04. The van der Waals surface area contributed by atoms with Crippen molar-refractivity contribution in [1.82, 2.24) is 4.68 Å². The highest BCUT2D eigenvalue weighted by Crippen LogP contribution is 1.94. The number of aliphatic imine (C=N–C) groups is 1. The largest absolute Gasteiger partial charge is 0.284 e. The molecule has 1 aromatic heterocycles. The van der Waals surface area contributed by atoms with Gasteiger partial charge >= 0.3 is 0 Å². The Bertz CT molecular complexity index is 225. The summed E-state index contributed by atoms with van der Waals surface area (Å²) in [5, 5.41) is 0. The quantitative estimate of drug-likeness (QED) is 0.478. The third-order valence-corrected chi connectivity index (χ3v) is 1.28. The van der Waals surface area contributed by atoms with E-state index in [-0.39, 0.29) is 0 Å². The van der Waals surface area contributed by atoms with E-state index < -0.39 is 0 Å². The maximum atomic E-state index is 3.79. The molecule has 1 rings (SSSR count). The predicted octanol–water partition coefficient (Wildman–Crippen LogP) is 0.998. The molecule has 0 atom stereocenters. The van der Waals surface area contributed by atoms with Gasteiger partial charge in [0.25, 0.3) is 0 Å². The van der Waals surface area contributed by atoms with Gasteiger partial charge in [-0.25, -0.2) is 0 Å². The first-order valence-corrected chi connectivity index (χ1v) is 3.15. The first-order chi connectivity index (χ1) is 4.84. The smallest absolute Gasteiger partial charge is 0.101 e. The molecule has 0 aliphatic carbocycles. The molecule has 0 saturated carbocycles. The van der Waals surface area contributed by atoms with Crippen LogP contribution in [0.5, 0.6) is 0 Å². The molecule has 0 bridgehead atoms. The molecule has 0 radical (unpaired) electrons. The van der Waals surface area contributed by atoms with Gasteiger partial charge in [0.15, 0.2) is 0 Å². The first-order valence-electron chi connectivity index (χ1n) is 3.15. The van der Waals surface area contributed by atoms with Crippen LogP contribution in [0.3, 0.4) is 0 Å². The van der Waals surface area contributed by atoms with Crippen LogP contribution in [0.25, 0.3) is 0 Å². The van der Waals surface area contributed by atoms with Gasteiger partial charge in [-0.15, -0.1) is 0 Å². The van der Waals surface area contributed by atoms with Gasteiger partial charge < -0.3 is 0 Å². The van der Waals surface area contributed by atoms with Crippen LogP contribution in [-0.2, 0) is 0 Å². The van der Waals surface area contributed by atoms with Crippen LogP contribution in [0.15, 0.2) is 23.3 Å². The zero-order chi connectivity index (χ0) is 7.40. The van der Waals surface area contributed by atoms with Crippen LogP contribution >= 0.6 is 0 Å². The highest BCUT2D eigenvalue weighted by Gasteiger charge is 1.88. The number of rotatable bonds is 2. The number of hydrogen-bond donors (Lipinski definition) is 1. The van der Waals surface area contributed by atoms with Crippen LogP contribution < -0.4 is 5.43 Å². The number of aryl methyl sites for hydroxylation is 1. The van der Waals surface area contributed by atoms with Crippen molar-refractivity contribution >= 4 is 6.34 Å². The highest BCUT2D eigenvalue weighted by molar-refractivity contribution is 5.63. The van der Waals surface area contributed by atoms with Crippen molar-refractivity contribution in [3.8, 4) is 0 Å². The summed E-state index contributed by atoms with van der Waals surface area (Å²) >= 11 is 0. The molecular weight excluding hydrogens is 126 g/mol. The Kier molecular flexibility index (Phi) is 2.10. The molecule has 0 amide bonds. The van der Waals surface area contributed by atoms with Gasteiger partial charge in [0, 0.05) is 18.9 Å². The van der Waals surface area contributed by atoms with Gasteiger partial charge in [-0.3, -0.25) is 15.1 Å². The summed E-state index contributed by atoms with van der Waals surface area (Å²) in [6, 6.07) is 4.00. The average molecular weight is 137 g/mol. The molecule has 0 aliphatic heterocycles. The van der Waals surface area contributed by atoms with Crippen molar-refractivity contribution in [1.29, 1.82) is 0 Å². The molecule has 0 aromatic carbocycles. The summed E-state index contributed by atoms with van der Waals surface area (Å²) in [6.07, 6.45) is 3.59. The Balaban J connectivity index is 2.65. The molecule has 1 N–H and O–H groups in total. The topological polar surface area (TPSA) is 29.3 Å². The molecule has 1 aromatic rings. The molecule has 3 nitrogen and oxygen atoms in total. The van der Waals surface area contributed by atoms with Gasteiger partial charge in [0.1, 0.15) is 6.34 Å². The minimum absolute atomic E-state index is 1.17. The lowest BCUT2D eigenvalue weighted by Crippen LogP contribution is -2.12. The monoisotopic (exact) mass is 137 g/mol. The van der Waals surface area contributed by atoms with Crippen molar-refractivity contribution in [3.63, 3.8) is 0 Å². The summed E-state index contributed by atoms with van der Waals surface area (Å²) in [5.74, 6) is 0. The Morgan fingerprint density at radius 1 is 1.70 bits per heavy atom. The van der Waals surface area contributed by atoms with Gasteiger partial charge in [0.2, 0.25) is 0 Å². The molecule has 0 aliphatic rings. The zero-order valence-corrected chi connectivity index (χ0v) is 6.20. The molecule has 1 heterocycles. The molecule has 3 heteroatoms. The molecule has 54 valence electrons. The van der Waals surface area contributed by atoms with Crippen molar-refractivity contribution in [3.05, 3.63) is 24.0 Å². The highest BCUT2D eigenvalue weighted by atomic mass is 15.4. The van der Waals surface area contributed by atoms with E-state index in [0.717, 1.165) is 0 Å². The van der Waals surface area contributed by atoms with Crippen LogP contribution in [0.1, 0.15) is 5.69 Å². The van der Waals surface area contributed by atoms with Crippen LogP contribution in [0.4, 0.5) is 0 Å². The minimum Gasteiger partial charge on any atom is -0.284 e. The SMILES string of the molecule is CN=CNn1cccc1C. The molecule has 0 fully saturated rings. The Hall–Kier alpha value is -1.25. The fourth-order valence-corrected chi connectivity index (χ4v) is 0.731. The number of hydrogen-bond acceptors (Lipinski definition) is 1. The van der Waals surface area contributed by atoms with E-state index in [0.29, 0.717) is 0 Å². The lowest BCUT2D eigenvalue weighted by atomic mass is 10.5. The maximum absolute atomic E-state index is 3.79. The maximum Gasteiger partial charge on any atom is 0.101 e. The number of aromatic nitrogens is 1. The fraction of sp³-hybridized carbons (Fsp3) is 0.286.